The molecule has 0 radical (unpaired) electrons. The molecule has 0 saturated carbocycles. The van der Waals surface area contributed by atoms with Crippen LogP contribution in [0.25, 0.3) is 12.2 Å². The predicted molar refractivity (Wildman–Crippen MR) is 139 cm³/mol. The summed E-state index contributed by atoms with van der Waals surface area (Å²) >= 11 is 8.91. The SMILES string of the molecule is O=C(O)c1cc(Cn2cc(C3c4ccccc4C=Cc4ccccc43)c(=S)[nH]c2=O)ccc1Br. The molecule has 1 heterocycles. The minimum Gasteiger partial charge on any atom is -0.478 e. The van der Waals surface area contributed by atoms with Crippen LogP contribution in [0.15, 0.2) is 82.2 Å². The number of H-pyrrole nitrogens is 1. The van der Waals surface area contributed by atoms with Gasteiger partial charge >= 0.3 is 11.7 Å². The Kier molecular flexibility index (Phi) is 5.89. The summed E-state index contributed by atoms with van der Waals surface area (Å²) in [7, 11) is 0. The Hall–Kier alpha value is -3.55. The number of nitrogens with zero attached hydrogens (tertiary/aromatic N) is 1. The predicted octanol–water partition coefficient (Wildman–Crippen LogP) is 6.08. The van der Waals surface area contributed by atoms with E-state index in [0.29, 0.717) is 14.7 Å². The quantitative estimate of drug-likeness (QED) is 0.276. The third-order valence-electron chi connectivity index (χ3n) is 6.02. The topological polar surface area (TPSA) is 75.1 Å². The lowest BCUT2D eigenvalue weighted by Crippen LogP contribution is -2.25. The maximum absolute atomic E-state index is 12.8. The van der Waals surface area contributed by atoms with Crippen molar-refractivity contribution in [3.8, 4) is 0 Å². The summed E-state index contributed by atoms with van der Waals surface area (Å²) in [6, 6.07) is 21.4. The summed E-state index contributed by atoms with van der Waals surface area (Å²) in [5.74, 6) is -1.20. The van der Waals surface area contributed by atoms with Gasteiger partial charge in [-0.1, -0.05) is 79.0 Å². The van der Waals surface area contributed by atoms with Crippen LogP contribution in [0, 0.1) is 4.64 Å². The number of aromatic carboxylic acids is 1. The largest absolute Gasteiger partial charge is 0.478 e. The molecule has 1 aliphatic carbocycles. The molecule has 0 saturated heterocycles. The van der Waals surface area contributed by atoms with Crippen molar-refractivity contribution in [1.29, 1.82) is 0 Å². The van der Waals surface area contributed by atoms with E-state index in [9.17, 15) is 14.7 Å². The zero-order valence-electron chi connectivity index (χ0n) is 17.9. The normalized spacial score (nSPS) is 12.6. The van der Waals surface area contributed by atoms with Crippen LogP contribution in [0.5, 0.6) is 0 Å². The number of halogens is 1. The molecule has 5 nitrogen and oxygen atoms in total. The van der Waals surface area contributed by atoms with Crippen molar-refractivity contribution >= 4 is 46.3 Å². The zero-order valence-corrected chi connectivity index (χ0v) is 20.3. The molecule has 168 valence electrons. The molecule has 5 rings (SSSR count). The molecular formula is C27H19BrN2O3S. The second-order valence-corrected chi connectivity index (χ2v) is 9.38. The fraction of sp³-hybridized carbons (Fsp3) is 0.0741. The van der Waals surface area contributed by atoms with Gasteiger partial charge in [0.1, 0.15) is 4.64 Å². The molecule has 0 atom stereocenters. The fourth-order valence-electron chi connectivity index (χ4n) is 4.41. The van der Waals surface area contributed by atoms with E-state index in [4.69, 9.17) is 12.2 Å². The number of hydrogen-bond donors (Lipinski definition) is 2. The van der Waals surface area contributed by atoms with E-state index in [1.165, 1.54) is 0 Å². The van der Waals surface area contributed by atoms with Crippen LogP contribution in [-0.2, 0) is 6.54 Å². The van der Waals surface area contributed by atoms with E-state index in [1.807, 2.05) is 24.3 Å². The minimum absolute atomic E-state index is 0.146. The molecule has 2 N–H and O–H groups in total. The second kappa shape index (κ2) is 9.00. The van der Waals surface area contributed by atoms with Crippen molar-refractivity contribution in [1.82, 2.24) is 9.55 Å². The highest BCUT2D eigenvalue weighted by Crippen LogP contribution is 2.39. The first-order chi connectivity index (χ1) is 16.4. The van der Waals surface area contributed by atoms with E-state index in [2.05, 4.69) is 57.3 Å². The first-order valence-electron chi connectivity index (χ1n) is 10.6. The molecule has 0 fully saturated rings. The number of hydrogen-bond acceptors (Lipinski definition) is 3. The first kappa shape index (κ1) is 22.3. The number of carboxylic acid groups (broad SMARTS) is 1. The Bertz CT molecular complexity index is 1540. The maximum Gasteiger partial charge on any atom is 0.336 e. The van der Waals surface area contributed by atoms with E-state index >= 15 is 0 Å². The number of nitrogens with one attached hydrogen (secondary N) is 1. The van der Waals surface area contributed by atoms with Gasteiger partial charge in [-0.05, 0) is 55.9 Å². The van der Waals surface area contributed by atoms with Crippen molar-refractivity contribution in [2.75, 3.05) is 0 Å². The monoisotopic (exact) mass is 530 g/mol. The molecule has 3 aromatic carbocycles. The molecule has 4 aromatic rings. The summed E-state index contributed by atoms with van der Waals surface area (Å²) in [5, 5.41) is 9.45. The lowest BCUT2D eigenvalue weighted by atomic mass is 9.83. The summed E-state index contributed by atoms with van der Waals surface area (Å²) in [6.45, 7) is 0.208. The Labute approximate surface area is 209 Å². The van der Waals surface area contributed by atoms with Gasteiger partial charge in [-0.3, -0.25) is 9.55 Å². The minimum atomic E-state index is -1.03. The highest BCUT2D eigenvalue weighted by Gasteiger charge is 2.25. The lowest BCUT2D eigenvalue weighted by molar-refractivity contribution is 0.0695. The van der Waals surface area contributed by atoms with Crippen LogP contribution in [0.3, 0.4) is 0 Å². The summed E-state index contributed by atoms with van der Waals surface area (Å²) < 4.78 is 2.42. The third kappa shape index (κ3) is 4.08. The zero-order chi connectivity index (χ0) is 23.8. The average molecular weight is 531 g/mol. The molecular weight excluding hydrogens is 512 g/mol. The molecule has 1 aromatic heterocycles. The van der Waals surface area contributed by atoms with Gasteiger partial charge in [-0.2, -0.15) is 0 Å². The summed E-state index contributed by atoms with van der Waals surface area (Å²) in [5.41, 5.74) is 5.70. The van der Waals surface area contributed by atoms with Crippen molar-refractivity contribution in [3.05, 3.63) is 131 Å². The molecule has 34 heavy (non-hydrogen) atoms. The van der Waals surface area contributed by atoms with Gasteiger partial charge in [-0.15, -0.1) is 0 Å². The summed E-state index contributed by atoms with van der Waals surface area (Å²) in [4.78, 5) is 27.2. The van der Waals surface area contributed by atoms with Gasteiger partial charge in [0.05, 0.1) is 12.1 Å². The number of benzene rings is 3. The molecule has 0 bridgehead atoms. The molecule has 0 unspecified atom stereocenters. The number of carboxylic acids is 1. The highest BCUT2D eigenvalue weighted by atomic mass is 79.9. The summed E-state index contributed by atoms with van der Waals surface area (Å²) in [6.07, 6.45) is 6.01. The van der Waals surface area contributed by atoms with Crippen LogP contribution in [0.2, 0.25) is 0 Å². The lowest BCUT2D eigenvalue weighted by Gasteiger charge is -2.22. The average Bonchev–Trinajstić information content (AvgIpc) is 2.99. The highest BCUT2D eigenvalue weighted by molar-refractivity contribution is 9.10. The van der Waals surface area contributed by atoms with Crippen LogP contribution in [0.1, 0.15) is 49.7 Å². The Morgan fingerprint density at radius 1 is 0.971 bits per heavy atom. The maximum atomic E-state index is 12.8. The standard InChI is InChI=1S/C27H19BrN2O3S/c28-23-12-9-16(13-21(23)26(31)32)14-30-15-22(25(34)29-27(30)33)24-19-7-3-1-5-17(19)10-11-18-6-2-4-8-20(18)24/h1-13,15,24H,14H2,(H,31,32)(H,29,33,34). The third-order valence-corrected chi connectivity index (χ3v) is 7.05. The van der Waals surface area contributed by atoms with Gasteiger partial charge in [0.25, 0.3) is 0 Å². The van der Waals surface area contributed by atoms with Gasteiger partial charge < -0.3 is 5.11 Å². The van der Waals surface area contributed by atoms with Gasteiger partial charge in [0.2, 0.25) is 0 Å². The number of carbonyl (C=O) groups is 1. The fourth-order valence-corrected chi connectivity index (χ4v) is 5.09. The van der Waals surface area contributed by atoms with E-state index in [0.717, 1.165) is 27.8 Å². The first-order valence-corrected chi connectivity index (χ1v) is 11.8. The number of rotatable bonds is 4. The van der Waals surface area contributed by atoms with Crippen LogP contribution in [-0.4, -0.2) is 20.6 Å². The molecule has 0 aliphatic heterocycles. The Morgan fingerprint density at radius 3 is 2.21 bits per heavy atom. The van der Waals surface area contributed by atoms with E-state index in [1.54, 1.807) is 29.0 Å². The van der Waals surface area contributed by atoms with E-state index in [-0.39, 0.29) is 23.7 Å². The number of fused-ring (bicyclic) bond motifs is 2. The van der Waals surface area contributed by atoms with Crippen molar-refractivity contribution in [2.24, 2.45) is 0 Å². The molecule has 1 aliphatic rings. The molecule has 0 amide bonds. The van der Waals surface area contributed by atoms with Crippen LogP contribution < -0.4 is 5.69 Å². The number of aromatic amines is 1. The van der Waals surface area contributed by atoms with Crippen molar-refractivity contribution in [2.45, 2.75) is 12.5 Å². The van der Waals surface area contributed by atoms with E-state index < -0.39 is 5.97 Å². The van der Waals surface area contributed by atoms with Gasteiger partial charge in [0, 0.05) is 22.2 Å². The Balaban J connectivity index is 1.67. The second-order valence-electron chi connectivity index (χ2n) is 8.12. The smallest absolute Gasteiger partial charge is 0.336 e. The van der Waals surface area contributed by atoms with Crippen molar-refractivity contribution < 1.29 is 9.90 Å². The number of aromatic nitrogens is 2. The van der Waals surface area contributed by atoms with Crippen LogP contribution >= 0.6 is 28.1 Å². The van der Waals surface area contributed by atoms with Gasteiger partial charge in [0.15, 0.2) is 0 Å². The Morgan fingerprint density at radius 2 is 1.59 bits per heavy atom. The van der Waals surface area contributed by atoms with Crippen molar-refractivity contribution in [3.63, 3.8) is 0 Å². The molecule has 0 spiro atoms. The van der Waals surface area contributed by atoms with Gasteiger partial charge in [-0.25, -0.2) is 9.59 Å². The molecule has 7 heteroatoms. The van der Waals surface area contributed by atoms with Crippen LogP contribution in [0.4, 0.5) is 0 Å².